The summed E-state index contributed by atoms with van der Waals surface area (Å²) in [4.78, 5) is 8.59. The third-order valence-corrected chi connectivity index (χ3v) is 4.35. The van der Waals surface area contributed by atoms with Crippen LogP contribution >= 0.6 is 35.3 Å². The molecule has 0 radical (unpaired) electrons. The van der Waals surface area contributed by atoms with Crippen molar-refractivity contribution >= 4 is 41.3 Å². The Balaban J connectivity index is 0.00000312. The molecule has 138 valence electrons. The summed E-state index contributed by atoms with van der Waals surface area (Å²) in [6.45, 7) is 6.43. The van der Waals surface area contributed by atoms with Gasteiger partial charge in [-0.25, -0.2) is 4.98 Å². The summed E-state index contributed by atoms with van der Waals surface area (Å²) < 4.78 is 5.69. The van der Waals surface area contributed by atoms with Gasteiger partial charge in [0, 0.05) is 31.9 Å². The Morgan fingerprint density at radius 3 is 2.88 bits per heavy atom. The molecule has 5 nitrogen and oxygen atoms in total. The van der Waals surface area contributed by atoms with Crippen LogP contribution in [0.2, 0.25) is 0 Å². The Bertz CT molecular complexity index is 634. The molecule has 2 N–H and O–H groups in total. The number of hydrogen-bond acceptors (Lipinski definition) is 4. The second-order valence-electron chi connectivity index (χ2n) is 5.58. The molecule has 1 atom stereocenters. The van der Waals surface area contributed by atoms with Gasteiger partial charge in [-0.15, -0.1) is 24.0 Å². The number of ether oxygens (including phenoxy) is 1. The average Bonchev–Trinajstić information content (AvgIpc) is 3.15. The van der Waals surface area contributed by atoms with Gasteiger partial charge in [0.1, 0.15) is 0 Å². The fourth-order valence-corrected chi connectivity index (χ4v) is 2.99. The van der Waals surface area contributed by atoms with E-state index >= 15 is 0 Å². The zero-order chi connectivity index (χ0) is 17.2. The topological polar surface area (TPSA) is 58.5 Å². The molecule has 0 spiro atoms. The fraction of sp³-hybridized carbons (Fsp3) is 0.444. The predicted octanol–water partition coefficient (Wildman–Crippen LogP) is 4.02. The van der Waals surface area contributed by atoms with E-state index in [1.54, 1.807) is 24.6 Å². The molecule has 0 aliphatic rings. The minimum absolute atomic E-state index is 0. The van der Waals surface area contributed by atoms with Crippen LogP contribution in [0.1, 0.15) is 37.3 Å². The van der Waals surface area contributed by atoms with Gasteiger partial charge in [-0.1, -0.05) is 19.9 Å². The van der Waals surface area contributed by atoms with Gasteiger partial charge in [-0.3, -0.25) is 4.99 Å². The van der Waals surface area contributed by atoms with Crippen molar-refractivity contribution in [3.8, 4) is 5.88 Å². The monoisotopic (exact) mass is 474 g/mol. The Labute approximate surface area is 171 Å². The van der Waals surface area contributed by atoms with Gasteiger partial charge in [0.25, 0.3) is 0 Å². The van der Waals surface area contributed by atoms with Crippen LogP contribution in [0, 0.1) is 0 Å². The number of halogens is 1. The van der Waals surface area contributed by atoms with Crippen LogP contribution in [-0.2, 0) is 6.54 Å². The van der Waals surface area contributed by atoms with Crippen molar-refractivity contribution in [2.45, 2.75) is 32.7 Å². The first-order valence-electron chi connectivity index (χ1n) is 8.27. The second-order valence-corrected chi connectivity index (χ2v) is 6.36. The number of rotatable bonds is 8. The van der Waals surface area contributed by atoms with Gasteiger partial charge in [-0.2, -0.15) is 11.3 Å². The van der Waals surface area contributed by atoms with E-state index in [1.165, 1.54) is 5.56 Å². The molecule has 0 bridgehead atoms. The molecule has 0 saturated carbocycles. The number of aliphatic imine (C=N–C) groups is 1. The van der Waals surface area contributed by atoms with Gasteiger partial charge < -0.3 is 15.4 Å². The molecule has 2 rings (SSSR count). The highest BCUT2D eigenvalue weighted by Gasteiger charge is 2.08. The molecule has 2 aromatic rings. The van der Waals surface area contributed by atoms with Gasteiger partial charge in [-0.05, 0) is 40.8 Å². The summed E-state index contributed by atoms with van der Waals surface area (Å²) in [5.41, 5.74) is 2.38. The normalized spacial score (nSPS) is 12.2. The third-order valence-electron chi connectivity index (χ3n) is 3.65. The van der Waals surface area contributed by atoms with Crippen LogP contribution in [0.3, 0.4) is 0 Å². The quantitative estimate of drug-likeness (QED) is 0.345. The van der Waals surface area contributed by atoms with E-state index in [-0.39, 0.29) is 24.0 Å². The lowest BCUT2D eigenvalue weighted by atomic mass is 10.1. The van der Waals surface area contributed by atoms with Crippen molar-refractivity contribution in [1.82, 2.24) is 15.6 Å². The maximum Gasteiger partial charge on any atom is 0.218 e. The third kappa shape index (κ3) is 7.19. The molecule has 25 heavy (non-hydrogen) atoms. The maximum absolute atomic E-state index is 5.69. The van der Waals surface area contributed by atoms with E-state index in [1.807, 2.05) is 12.1 Å². The predicted molar refractivity (Wildman–Crippen MR) is 116 cm³/mol. The lowest BCUT2D eigenvalue weighted by Crippen LogP contribution is -2.38. The Morgan fingerprint density at radius 1 is 1.36 bits per heavy atom. The lowest BCUT2D eigenvalue weighted by molar-refractivity contribution is 0.301. The van der Waals surface area contributed by atoms with Gasteiger partial charge >= 0.3 is 0 Å². The van der Waals surface area contributed by atoms with Gasteiger partial charge in [0.2, 0.25) is 5.88 Å². The number of aromatic nitrogens is 1. The summed E-state index contributed by atoms with van der Waals surface area (Å²) in [7, 11) is 1.78. The lowest BCUT2D eigenvalue weighted by Gasteiger charge is -2.16. The highest BCUT2D eigenvalue weighted by atomic mass is 127. The average molecular weight is 474 g/mol. The molecule has 0 amide bonds. The summed E-state index contributed by atoms with van der Waals surface area (Å²) in [5, 5.41) is 11.0. The highest BCUT2D eigenvalue weighted by Crippen LogP contribution is 2.17. The number of nitrogens with one attached hydrogen (secondary N) is 2. The number of hydrogen-bond donors (Lipinski definition) is 2. The Hall–Kier alpha value is -1.35. The molecule has 2 heterocycles. The minimum atomic E-state index is 0. The Morgan fingerprint density at radius 2 is 2.20 bits per heavy atom. The largest absolute Gasteiger partial charge is 0.477 e. The number of thiophene rings is 1. The SMILES string of the molecule is CCCOc1ncccc1CNC(=NC)NCC(C)c1ccsc1.I. The molecular weight excluding hydrogens is 447 g/mol. The van der Waals surface area contributed by atoms with E-state index in [0.717, 1.165) is 24.5 Å². The smallest absolute Gasteiger partial charge is 0.218 e. The van der Waals surface area contributed by atoms with Crippen LogP contribution in [-0.4, -0.2) is 31.1 Å². The van der Waals surface area contributed by atoms with Crippen LogP contribution in [0.15, 0.2) is 40.1 Å². The molecule has 0 saturated heterocycles. The van der Waals surface area contributed by atoms with E-state index < -0.39 is 0 Å². The van der Waals surface area contributed by atoms with Crippen molar-refractivity contribution in [2.75, 3.05) is 20.2 Å². The first kappa shape index (κ1) is 21.7. The number of pyridine rings is 1. The van der Waals surface area contributed by atoms with Crippen LogP contribution < -0.4 is 15.4 Å². The van der Waals surface area contributed by atoms with Crippen molar-refractivity contribution in [1.29, 1.82) is 0 Å². The van der Waals surface area contributed by atoms with Gasteiger partial charge in [0.05, 0.1) is 6.61 Å². The van der Waals surface area contributed by atoms with Crippen molar-refractivity contribution < 1.29 is 4.74 Å². The number of nitrogens with zero attached hydrogens (tertiary/aromatic N) is 2. The standard InChI is InChI=1S/C18H26N4OS.HI/c1-4-9-23-17-15(6-5-8-20-17)12-22-18(19-3)21-11-14(2)16-7-10-24-13-16;/h5-8,10,13-14H,4,9,11-12H2,1-3H3,(H2,19,21,22);1H. The molecule has 0 aliphatic carbocycles. The van der Waals surface area contributed by atoms with Crippen molar-refractivity contribution in [3.63, 3.8) is 0 Å². The van der Waals surface area contributed by atoms with E-state index in [0.29, 0.717) is 24.9 Å². The summed E-state index contributed by atoms with van der Waals surface area (Å²) in [6.07, 6.45) is 2.72. The zero-order valence-corrected chi connectivity index (χ0v) is 18.1. The first-order chi connectivity index (χ1) is 11.7. The molecule has 0 fully saturated rings. The fourth-order valence-electron chi connectivity index (χ4n) is 2.21. The van der Waals surface area contributed by atoms with Crippen LogP contribution in [0.25, 0.3) is 0 Å². The maximum atomic E-state index is 5.69. The molecule has 7 heteroatoms. The molecule has 0 aliphatic heterocycles. The van der Waals surface area contributed by atoms with E-state index in [4.69, 9.17) is 4.74 Å². The molecule has 1 unspecified atom stereocenters. The number of guanidine groups is 1. The van der Waals surface area contributed by atoms with E-state index in [9.17, 15) is 0 Å². The Kier molecular flexibility index (Phi) is 10.5. The minimum Gasteiger partial charge on any atom is -0.477 e. The summed E-state index contributed by atoms with van der Waals surface area (Å²) in [6, 6.07) is 6.11. The zero-order valence-electron chi connectivity index (χ0n) is 15.0. The first-order valence-corrected chi connectivity index (χ1v) is 9.22. The highest BCUT2D eigenvalue weighted by molar-refractivity contribution is 14.0. The molecule has 2 aromatic heterocycles. The summed E-state index contributed by atoms with van der Waals surface area (Å²) in [5.74, 6) is 1.91. The van der Waals surface area contributed by atoms with Gasteiger partial charge in [0.15, 0.2) is 5.96 Å². The van der Waals surface area contributed by atoms with E-state index in [2.05, 4.69) is 51.3 Å². The second kappa shape index (κ2) is 12.1. The summed E-state index contributed by atoms with van der Waals surface area (Å²) >= 11 is 1.73. The van der Waals surface area contributed by atoms with Crippen LogP contribution in [0.5, 0.6) is 5.88 Å². The molecular formula is C18H27IN4OS. The van der Waals surface area contributed by atoms with Crippen molar-refractivity contribution in [2.24, 2.45) is 4.99 Å². The van der Waals surface area contributed by atoms with Crippen molar-refractivity contribution in [3.05, 3.63) is 46.3 Å². The molecule has 0 aromatic carbocycles. The van der Waals surface area contributed by atoms with Crippen LogP contribution in [0.4, 0.5) is 0 Å².